The van der Waals surface area contributed by atoms with E-state index in [9.17, 15) is 4.79 Å². The third kappa shape index (κ3) is 3.59. The summed E-state index contributed by atoms with van der Waals surface area (Å²) in [6.07, 6.45) is 2.08. The van der Waals surface area contributed by atoms with Gasteiger partial charge < -0.3 is 9.84 Å². The molecule has 6 heteroatoms. The van der Waals surface area contributed by atoms with Gasteiger partial charge in [0.05, 0.1) is 19.3 Å². The van der Waals surface area contributed by atoms with Crippen LogP contribution in [0.5, 0.6) is 5.75 Å². The van der Waals surface area contributed by atoms with Crippen LogP contribution in [0.3, 0.4) is 0 Å². The summed E-state index contributed by atoms with van der Waals surface area (Å²) in [6.45, 7) is 4.63. The molecule has 1 atom stereocenters. The topological polar surface area (TPSA) is 67.6 Å². The summed E-state index contributed by atoms with van der Waals surface area (Å²) < 4.78 is 7.00. The summed E-state index contributed by atoms with van der Waals surface area (Å²) in [7, 11) is 1.67. The third-order valence-electron chi connectivity index (χ3n) is 4.68. The molecule has 0 saturated heterocycles. The molecule has 0 bridgehead atoms. The minimum absolute atomic E-state index is 0.137. The normalized spacial score (nSPS) is 15.8. The second-order valence-corrected chi connectivity index (χ2v) is 6.26. The maximum Gasteiger partial charge on any atom is 0.356 e. The van der Waals surface area contributed by atoms with E-state index in [0.717, 1.165) is 43.9 Å². The van der Waals surface area contributed by atoms with Gasteiger partial charge in [0.25, 0.3) is 0 Å². The molecule has 0 spiro atoms. The van der Waals surface area contributed by atoms with E-state index < -0.39 is 5.97 Å². The average molecular weight is 329 g/mol. The largest absolute Gasteiger partial charge is 0.497 e. The summed E-state index contributed by atoms with van der Waals surface area (Å²) in [6, 6.07) is 10.3. The quantitative estimate of drug-likeness (QED) is 0.881. The smallest absolute Gasteiger partial charge is 0.356 e. The Morgan fingerprint density at radius 3 is 2.75 bits per heavy atom. The number of aromatic nitrogens is 2. The number of methoxy groups -OCH3 is 1. The van der Waals surface area contributed by atoms with Crippen molar-refractivity contribution in [1.29, 1.82) is 0 Å². The molecule has 1 aromatic heterocycles. The van der Waals surface area contributed by atoms with Gasteiger partial charge in [0.15, 0.2) is 5.69 Å². The van der Waals surface area contributed by atoms with Crippen LogP contribution in [-0.4, -0.2) is 45.5 Å². The highest BCUT2D eigenvalue weighted by molar-refractivity contribution is 5.85. The minimum atomic E-state index is -0.962. The molecule has 1 aromatic carbocycles. The lowest BCUT2D eigenvalue weighted by Crippen LogP contribution is -2.40. The van der Waals surface area contributed by atoms with Crippen LogP contribution in [0, 0.1) is 0 Å². The zero-order valence-corrected chi connectivity index (χ0v) is 14.1. The summed E-state index contributed by atoms with van der Waals surface area (Å²) in [5.41, 5.74) is 2.42. The van der Waals surface area contributed by atoms with Gasteiger partial charge in [-0.05, 0) is 43.5 Å². The van der Waals surface area contributed by atoms with Crippen molar-refractivity contribution in [3.8, 4) is 5.75 Å². The molecule has 0 amide bonds. The number of ether oxygens (including phenoxy) is 1. The van der Waals surface area contributed by atoms with Crippen molar-refractivity contribution < 1.29 is 14.6 Å². The lowest BCUT2D eigenvalue weighted by Gasteiger charge is -2.32. The molecule has 2 heterocycles. The van der Waals surface area contributed by atoms with E-state index in [0.29, 0.717) is 6.04 Å². The fourth-order valence-electron chi connectivity index (χ4n) is 3.12. The molecule has 1 aliphatic heterocycles. The molecule has 0 fully saturated rings. The lowest BCUT2D eigenvalue weighted by molar-refractivity contribution is 0.0689. The van der Waals surface area contributed by atoms with Crippen LogP contribution in [0.25, 0.3) is 0 Å². The highest BCUT2D eigenvalue weighted by Crippen LogP contribution is 2.19. The molecular weight excluding hydrogens is 306 g/mol. The van der Waals surface area contributed by atoms with Gasteiger partial charge in [-0.25, -0.2) is 4.79 Å². The second kappa shape index (κ2) is 7.05. The van der Waals surface area contributed by atoms with E-state index in [4.69, 9.17) is 9.84 Å². The number of carboxylic acids is 1. The van der Waals surface area contributed by atoms with Crippen LogP contribution >= 0.6 is 0 Å². The maximum absolute atomic E-state index is 11.0. The van der Waals surface area contributed by atoms with E-state index >= 15 is 0 Å². The van der Waals surface area contributed by atoms with Gasteiger partial charge in [-0.15, -0.1) is 0 Å². The Labute approximate surface area is 141 Å². The van der Waals surface area contributed by atoms with Crippen LogP contribution in [0.2, 0.25) is 0 Å². The van der Waals surface area contributed by atoms with E-state index in [1.165, 1.54) is 5.56 Å². The first-order chi connectivity index (χ1) is 11.6. The molecule has 6 nitrogen and oxygen atoms in total. The monoisotopic (exact) mass is 329 g/mol. The Kier molecular flexibility index (Phi) is 4.85. The molecular formula is C18H23N3O3. The van der Waals surface area contributed by atoms with Gasteiger partial charge in [-0.3, -0.25) is 9.58 Å². The van der Waals surface area contributed by atoms with Crippen molar-refractivity contribution >= 4 is 5.97 Å². The SMILES string of the molecule is COc1ccc(CC[C@H](C)N2CCn3nc(C(=O)O)cc3C2)cc1. The zero-order chi connectivity index (χ0) is 17.1. The van der Waals surface area contributed by atoms with Gasteiger partial charge >= 0.3 is 5.97 Å². The van der Waals surface area contributed by atoms with Gasteiger partial charge in [0.1, 0.15) is 5.75 Å². The number of carbonyl (C=O) groups is 1. The first kappa shape index (κ1) is 16.5. The molecule has 128 valence electrons. The molecule has 0 aliphatic carbocycles. The lowest BCUT2D eigenvalue weighted by atomic mass is 10.0. The Morgan fingerprint density at radius 1 is 1.33 bits per heavy atom. The molecule has 0 saturated carbocycles. The third-order valence-corrected chi connectivity index (χ3v) is 4.68. The number of aromatic carboxylic acids is 1. The fraction of sp³-hybridized carbons (Fsp3) is 0.444. The van der Waals surface area contributed by atoms with Crippen molar-refractivity contribution in [3.05, 3.63) is 47.3 Å². The van der Waals surface area contributed by atoms with Crippen molar-refractivity contribution in [2.24, 2.45) is 0 Å². The Hall–Kier alpha value is -2.34. The minimum Gasteiger partial charge on any atom is -0.497 e. The second-order valence-electron chi connectivity index (χ2n) is 6.26. The van der Waals surface area contributed by atoms with Gasteiger partial charge in [-0.2, -0.15) is 5.10 Å². The van der Waals surface area contributed by atoms with Crippen molar-refractivity contribution in [1.82, 2.24) is 14.7 Å². The summed E-state index contributed by atoms with van der Waals surface area (Å²) in [4.78, 5) is 13.4. The van der Waals surface area contributed by atoms with Crippen LogP contribution in [0.15, 0.2) is 30.3 Å². The van der Waals surface area contributed by atoms with Crippen LogP contribution < -0.4 is 4.74 Å². The van der Waals surface area contributed by atoms with Crippen LogP contribution in [0.1, 0.15) is 35.1 Å². The highest BCUT2D eigenvalue weighted by atomic mass is 16.5. The summed E-state index contributed by atoms with van der Waals surface area (Å²) >= 11 is 0. The van der Waals surface area contributed by atoms with Crippen molar-refractivity contribution in [2.75, 3.05) is 13.7 Å². The Bertz CT molecular complexity index is 709. The maximum atomic E-state index is 11.0. The Morgan fingerprint density at radius 2 is 2.08 bits per heavy atom. The number of carboxylic acid groups (broad SMARTS) is 1. The number of nitrogens with zero attached hydrogens (tertiary/aromatic N) is 3. The molecule has 24 heavy (non-hydrogen) atoms. The standard InChI is InChI=1S/C18H23N3O3/c1-13(3-4-14-5-7-16(24-2)8-6-14)20-9-10-21-15(12-20)11-17(19-21)18(22)23/h5-8,11,13H,3-4,9-10,12H2,1-2H3,(H,22,23)/t13-/m0/s1. The van der Waals surface area contributed by atoms with E-state index in [-0.39, 0.29) is 5.69 Å². The number of fused-ring (bicyclic) bond motifs is 1. The van der Waals surface area contributed by atoms with Crippen LogP contribution in [-0.2, 0) is 19.5 Å². The molecule has 0 unspecified atom stereocenters. The zero-order valence-electron chi connectivity index (χ0n) is 14.1. The summed E-state index contributed by atoms with van der Waals surface area (Å²) in [5, 5.41) is 13.2. The fourth-order valence-corrected chi connectivity index (χ4v) is 3.12. The van der Waals surface area contributed by atoms with Gasteiger partial charge in [-0.1, -0.05) is 12.1 Å². The molecule has 1 N–H and O–H groups in total. The predicted molar refractivity (Wildman–Crippen MR) is 90.4 cm³/mol. The average Bonchev–Trinajstić information content (AvgIpc) is 3.03. The number of benzene rings is 1. The number of rotatable bonds is 6. The van der Waals surface area contributed by atoms with E-state index in [2.05, 4.69) is 29.1 Å². The van der Waals surface area contributed by atoms with E-state index in [1.54, 1.807) is 13.2 Å². The highest BCUT2D eigenvalue weighted by Gasteiger charge is 2.23. The predicted octanol–water partition coefficient (Wildman–Crippen LogP) is 2.43. The summed E-state index contributed by atoms with van der Waals surface area (Å²) in [5.74, 6) is -0.0821. The Balaban J connectivity index is 1.57. The molecule has 2 aromatic rings. The van der Waals surface area contributed by atoms with E-state index in [1.807, 2.05) is 16.8 Å². The van der Waals surface area contributed by atoms with Gasteiger partial charge in [0, 0.05) is 19.1 Å². The van der Waals surface area contributed by atoms with Crippen molar-refractivity contribution in [2.45, 2.75) is 38.9 Å². The van der Waals surface area contributed by atoms with Gasteiger partial charge in [0.2, 0.25) is 0 Å². The molecule has 3 rings (SSSR count). The first-order valence-electron chi connectivity index (χ1n) is 8.24. The number of hydrogen-bond acceptors (Lipinski definition) is 4. The van der Waals surface area contributed by atoms with Crippen LogP contribution in [0.4, 0.5) is 0 Å². The molecule has 0 radical (unpaired) electrons. The molecule has 1 aliphatic rings. The number of hydrogen-bond donors (Lipinski definition) is 1. The first-order valence-corrected chi connectivity index (χ1v) is 8.24. The number of aryl methyl sites for hydroxylation is 1. The van der Waals surface area contributed by atoms with Crippen molar-refractivity contribution in [3.63, 3.8) is 0 Å².